The lowest BCUT2D eigenvalue weighted by atomic mass is 10.1. The highest BCUT2D eigenvalue weighted by Crippen LogP contribution is 2.15. The Kier molecular flexibility index (Phi) is 10.4. The normalized spacial score (nSPS) is 14.1. The zero-order chi connectivity index (χ0) is 22.4. The fourth-order valence-electron chi connectivity index (χ4n) is 3.46. The predicted octanol–water partition coefficient (Wildman–Crippen LogP) is 5.54. The number of benzene rings is 3. The molecule has 3 aromatic carbocycles. The Morgan fingerprint density at radius 1 is 0.719 bits per heavy atom. The monoisotopic (exact) mass is 434 g/mol. The van der Waals surface area contributed by atoms with E-state index >= 15 is 0 Å². The van der Waals surface area contributed by atoms with Crippen molar-refractivity contribution in [3.8, 4) is 0 Å². The van der Waals surface area contributed by atoms with E-state index in [1.807, 2.05) is 85.8 Å². The van der Waals surface area contributed by atoms with Crippen molar-refractivity contribution in [2.75, 3.05) is 6.61 Å². The van der Waals surface area contributed by atoms with Gasteiger partial charge >= 0.3 is 0 Å². The highest BCUT2D eigenvalue weighted by molar-refractivity contribution is 5.15. The summed E-state index contributed by atoms with van der Waals surface area (Å²) < 4.78 is 17.9. The molecule has 3 aromatic rings. The molecule has 0 aliphatic carbocycles. The first-order valence-electron chi connectivity index (χ1n) is 11.4. The zero-order valence-electron chi connectivity index (χ0n) is 18.8. The van der Waals surface area contributed by atoms with Gasteiger partial charge in [0.2, 0.25) is 0 Å². The molecule has 0 radical (unpaired) electrons. The van der Waals surface area contributed by atoms with E-state index < -0.39 is 6.29 Å². The van der Waals surface area contributed by atoms with Crippen LogP contribution in [0.5, 0.6) is 0 Å². The van der Waals surface area contributed by atoms with E-state index in [2.05, 4.69) is 12.1 Å². The molecule has 1 N–H and O–H groups in total. The largest absolute Gasteiger partial charge is 0.374 e. The molecule has 3 atom stereocenters. The summed E-state index contributed by atoms with van der Waals surface area (Å²) in [6, 6.07) is 30.4. The fraction of sp³-hybridized carbons (Fsp3) is 0.357. The van der Waals surface area contributed by atoms with Gasteiger partial charge < -0.3 is 19.3 Å². The Hall–Kier alpha value is -2.50. The molecule has 0 amide bonds. The van der Waals surface area contributed by atoms with Crippen LogP contribution in [-0.4, -0.2) is 30.2 Å². The van der Waals surface area contributed by atoms with Crippen LogP contribution >= 0.6 is 0 Å². The minimum atomic E-state index is -0.855. The summed E-state index contributed by atoms with van der Waals surface area (Å²) in [7, 11) is 0. The SMILES string of the molecule is C[C@H](OCc1ccccc1)[C@@H](COCc1ccccc1)OC(O)CCCc1ccccc1. The topological polar surface area (TPSA) is 47.9 Å². The average molecular weight is 435 g/mol. The molecule has 3 rings (SSSR count). The molecule has 0 aromatic heterocycles. The number of hydrogen-bond donors (Lipinski definition) is 1. The van der Waals surface area contributed by atoms with E-state index in [1.54, 1.807) is 0 Å². The second-order valence-electron chi connectivity index (χ2n) is 8.01. The maximum atomic E-state index is 10.5. The summed E-state index contributed by atoms with van der Waals surface area (Å²) in [5.74, 6) is 0. The fourth-order valence-corrected chi connectivity index (χ4v) is 3.46. The van der Waals surface area contributed by atoms with Crippen molar-refractivity contribution in [2.45, 2.75) is 57.9 Å². The van der Waals surface area contributed by atoms with E-state index in [9.17, 15) is 5.11 Å². The van der Waals surface area contributed by atoms with Gasteiger partial charge in [0.1, 0.15) is 6.10 Å². The van der Waals surface area contributed by atoms with Crippen molar-refractivity contribution in [3.05, 3.63) is 108 Å². The number of aliphatic hydroxyl groups is 1. The third-order valence-corrected chi connectivity index (χ3v) is 5.36. The second kappa shape index (κ2) is 13.8. The lowest BCUT2D eigenvalue weighted by molar-refractivity contribution is -0.192. The molecular formula is C28H34O4. The first-order chi connectivity index (χ1) is 15.7. The highest BCUT2D eigenvalue weighted by atomic mass is 16.6. The maximum absolute atomic E-state index is 10.5. The van der Waals surface area contributed by atoms with Crippen molar-refractivity contribution in [1.82, 2.24) is 0 Å². The van der Waals surface area contributed by atoms with E-state index in [0.29, 0.717) is 26.2 Å². The van der Waals surface area contributed by atoms with Gasteiger partial charge in [-0.1, -0.05) is 91.0 Å². The highest BCUT2D eigenvalue weighted by Gasteiger charge is 2.23. The van der Waals surface area contributed by atoms with Crippen LogP contribution in [-0.2, 0) is 33.8 Å². The van der Waals surface area contributed by atoms with Gasteiger partial charge in [0, 0.05) is 0 Å². The number of ether oxygens (including phenoxy) is 3. The lowest BCUT2D eigenvalue weighted by Gasteiger charge is -2.27. The van der Waals surface area contributed by atoms with Crippen LogP contribution in [0.2, 0.25) is 0 Å². The van der Waals surface area contributed by atoms with Crippen molar-refractivity contribution in [1.29, 1.82) is 0 Å². The Labute approximate surface area is 191 Å². The summed E-state index contributed by atoms with van der Waals surface area (Å²) in [6.07, 6.45) is 0.879. The van der Waals surface area contributed by atoms with Gasteiger partial charge in [-0.2, -0.15) is 0 Å². The first-order valence-corrected chi connectivity index (χ1v) is 11.4. The molecule has 32 heavy (non-hydrogen) atoms. The summed E-state index contributed by atoms with van der Waals surface area (Å²) in [4.78, 5) is 0. The smallest absolute Gasteiger partial charge is 0.155 e. The van der Waals surface area contributed by atoms with Gasteiger partial charge in [0.05, 0.1) is 25.9 Å². The third-order valence-electron chi connectivity index (χ3n) is 5.36. The van der Waals surface area contributed by atoms with Crippen LogP contribution < -0.4 is 0 Å². The molecule has 0 fully saturated rings. The van der Waals surface area contributed by atoms with Crippen molar-refractivity contribution in [3.63, 3.8) is 0 Å². The average Bonchev–Trinajstić information content (AvgIpc) is 2.84. The number of hydrogen-bond acceptors (Lipinski definition) is 4. The molecule has 0 heterocycles. The van der Waals surface area contributed by atoms with Gasteiger partial charge in [0.25, 0.3) is 0 Å². The van der Waals surface area contributed by atoms with E-state index in [1.165, 1.54) is 5.56 Å². The zero-order valence-corrected chi connectivity index (χ0v) is 18.8. The Morgan fingerprint density at radius 3 is 1.84 bits per heavy atom. The number of rotatable bonds is 14. The maximum Gasteiger partial charge on any atom is 0.155 e. The molecule has 4 nitrogen and oxygen atoms in total. The van der Waals surface area contributed by atoms with E-state index in [-0.39, 0.29) is 12.2 Å². The number of aliphatic hydroxyl groups excluding tert-OH is 1. The first kappa shape index (κ1) is 24.1. The molecule has 0 saturated carbocycles. The Bertz CT molecular complexity index is 854. The van der Waals surface area contributed by atoms with Crippen LogP contribution in [0, 0.1) is 0 Å². The molecule has 1 unspecified atom stereocenters. The lowest BCUT2D eigenvalue weighted by Crippen LogP contribution is -2.37. The second-order valence-corrected chi connectivity index (χ2v) is 8.01. The van der Waals surface area contributed by atoms with Crippen LogP contribution in [0.15, 0.2) is 91.0 Å². The molecule has 0 aliphatic rings. The summed E-state index contributed by atoms with van der Waals surface area (Å²) in [6.45, 7) is 3.30. The summed E-state index contributed by atoms with van der Waals surface area (Å²) in [5, 5.41) is 10.5. The van der Waals surface area contributed by atoms with Crippen molar-refractivity contribution >= 4 is 0 Å². The van der Waals surface area contributed by atoms with Gasteiger partial charge in [-0.05, 0) is 42.9 Å². The molecule has 0 saturated heterocycles. The van der Waals surface area contributed by atoms with Gasteiger partial charge in [0.15, 0.2) is 6.29 Å². The molecule has 4 heteroatoms. The minimum Gasteiger partial charge on any atom is -0.374 e. The molecule has 0 aliphatic heterocycles. The Morgan fingerprint density at radius 2 is 1.25 bits per heavy atom. The molecule has 170 valence electrons. The molecule has 0 bridgehead atoms. The molecule has 0 spiro atoms. The quantitative estimate of drug-likeness (QED) is 0.339. The van der Waals surface area contributed by atoms with Gasteiger partial charge in [-0.3, -0.25) is 0 Å². The number of aryl methyl sites for hydroxylation is 1. The minimum absolute atomic E-state index is 0.227. The van der Waals surface area contributed by atoms with Crippen LogP contribution in [0.4, 0.5) is 0 Å². The Balaban J connectivity index is 1.49. The van der Waals surface area contributed by atoms with E-state index in [0.717, 1.165) is 24.0 Å². The summed E-state index contributed by atoms with van der Waals surface area (Å²) in [5.41, 5.74) is 3.47. The standard InChI is InChI=1S/C28H34O4/c1-23(31-21-26-16-9-4-10-17-26)27(22-30-20-25-14-7-3-8-15-25)32-28(29)19-11-18-24-12-5-2-6-13-24/h2-10,12-17,23,27-29H,11,18-22H2,1H3/t23-,27+,28?/m0/s1. The van der Waals surface area contributed by atoms with Crippen LogP contribution in [0.3, 0.4) is 0 Å². The third kappa shape index (κ3) is 8.93. The van der Waals surface area contributed by atoms with Crippen molar-refractivity contribution < 1.29 is 19.3 Å². The van der Waals surface area contributed by atoms with Crippen molar-refractivity contribution in [2.24, 2.45) is 0 Å². The van der Waals surface area contributed by atoms with E-state index in [4.69, 9.17) is 14.2 Å². The van der Waals surface area contributed by atoms with Crippen LogP contribution in [0.1, 0.15) is 36.5 Å². The van der Waals surface area contributed by atoms with Crippen LogP contribution in [0.25, 0.3) is 0 Å². The predicted molar refractivity (Wildman–Crippen MR) is 127 cm³/mol. The van der Waals surface area contributed by atoms with Gasteiger partial charge in [-0.15, -0.1) is 0 Å². The van der Waals surface area contributed by atoms with Gasteiger partial charge in [-0.25, -0.2) is 0 Å². The summed E-state index contributed by atoms with van der Waals surface area (Å²) >= 11 is 0. The molecular weight excluding hydrogens is 400 g/mol.